The predicted octanol–water partition coefficient (Wildman–Crippen LogP) is 3.52. The summed E-state index contributed by atoms with van der Waals surface area (Å²) in [5, 5.41) is 13.5. The van der Waals surface area contributed by atoms with Crippen molar-refractivity contribution in [3.63, 3.8) is 0 Å². The molecule has 1 amide bonds. The summed E-state index contributed by atoms with van der Waals surface area (Å²) in [6, 6.07) is 4.04. The number of nitro benzene ring substituents is 1. The van der Waals surface area contributed by atoms with Crippen LogP contribution < -0.4 is 10.1 Å². The standard InChI is InChI=1S/C20H28N2O8/c1-19(2,3)29-16(23)12-11-13(21-18(25)30-20(4,5)6)17(24)28-15-10-8-7-9-14(15)22(26)27/h7-10,13H,11-12H2,1-6H3,(H,21,25)/t13-/m1/s1. The van der Waals surface area contributed by atoms with Crippen molar-refractivity contribution in [3.05, 3.63) is 34.4 Å². The van der Waals surface area contributed by atoms with Crippen LogP contribution in [0.25, 0.3) is 0 Å². The number of carbonyl (C=O) groups is 3. The van der Waals surface area contributed by atoms with E-state index in [1.165, 1.54) is 24.3 Å². The van der Waals surface area contributed by atoms with Gasteiger partial charge < -0.3 is 19.5 Å². The normalized spacial score (nSPS) is 12.5. The van der Waals surface area contributed by atoms with Gasteiger partial charge in [-0.1, -0.05) is 12.1 Å². The van der Waals surface area contributed by atoms with Gasteiger partial charge in [0.15, 0.2) is 0 Å². The Labute approximate surface area is 175 Å². The second-order valence-corrected chi connectivity index (χ2v) is 8.47. The Kier molecular flexibility index (Phi) is 8.32. The molecule has 1 rings (SSSR count). The second kappa shape index (κ2) is 10.0. The van der Waals surface area contributed by atoms with Crippen LogP contribution in [0, 0.1) is 10.1 Å². The van der Waals surface area contributed by atoms with E-state index in [9.17, 15) is 24.5 Å². The number of benzene rings is 1. The molecule has 10 nitrogen and oxygen atoms in total. The van der Waals surface area contributed by atoms with Gasteiger partial charge in [0.2, 0.25) is 5.75 Å². The van der Waals surface area contributed by atoms with Gasteiger partial charge in [-0.15, -0.1) is 0 Å². The maximum atomic E-state index is 12.6. The summed E-state index contributed by atoms with van der Waals surface area (Å²) in [4.78, 5) is 47.1. The Balaban J connectivity index is 2.95. The molecule has 1 N–H and O–H groups in total. The molecular weight excluding hydrogens is 396 g/mol. The van der Waals surface area contributed by atoms with Gasteiger partial charge in [0.25, 0.3) is 0 Å². The molecule has 0 spiro atoms. The van der Waals surface area contributed by atoms with Crippen molar-refractivity contribution < 1.29 is 33.5 Å². The summed E-state index contributed by atoms with van der Waals surface area (Å²) in [6.07, 6.45) is -1.23. The van der Waals surface area contributed by atoms with Crippen LogP contribution in [-0.4, -0.2) is 40.2 Å². The molecule has 0 aliphatic heterocycles. The van der Waals surface area contributed by atoms with Crippen LogP contribution in [0.1, 0.15) is 54.4 Å². The third kappa shape index (κ3) is 9.35. The molecule has 10 heteroatoms. The van der Waals surface area contributed by atoms with Crippen LogP contribution in [0.5, 0.6) is 5.75 Å². The number of esters is 2. The highest BCUT2D eigenvalue weighted by molar-refractivity contribution is 5.84. The Morgan fingerprint density at radius 3 is 2.13 bits per heavy atom. The van der Waals surface area contributed by atoms with Crippen molar-refractivity contribution in [3.8, 4) is 5.75 Å². The van der Waals surface area contributed by atoms with E-state index >= 15 is 0 Å². The average Bonchev–Trinajstić information content (AvgIpc) is 2.55. The van der Waals surface area contributed by atoms with E-state index < -0.39 is 45.9 Å². The van der Waals surface area contributed by atoms with E-state index in [0.29, 0.717) is 0 Å². The monoisotopic (exact) mass is 424 g/mol. The van der Waals surface area contributed by atoms with Crippen LogP contribution in [0.4, 0.5) is 10.5 Å². The van der Waals surface area contributed by atoms with Crippen molar-refractivity contribution >= 4 is 23.7 Å². The van der Waals surface area contributed by atoms with Crippen molar-refractivity contribution in [2.45, 2.75) is 71.6 Å². The number of nitrogens with one attached hydrogen (secondary N) is 1. The molecule has 166 valence electrons. The van der Waals surface area contributed by atoms with E-state index in [0.717, 1.165) is 0 Å². The third-order valence-electron chi connectivity index (χ3n) is 3.31. The topological polar surface area (TPSA) is 134 Å². The Bertz CT molecular complexity index is 793. The van der Waals surface area contributed by atoms with Gasteiger partial charge in [-0.3, -0.25) is 14.9 Å². The van der Waals surface area contributed by atoms with Crippen molar-refractivity contribution in [2.75, 3.05) is 0 Å². The van der Waals surface area contributed by atoms with E-state index in [2.05, 4.69) is 5.32 Å². The first kappa shape index (κ1) is 24.9. The first-order chi connectivity index (χ1) is 13.7. The lowest BCUT2D eigenvalue weighted by atomic mass is 10.1. The molecule has 0 fully saturated rings. The number of amides is 1. The van der Waals surface area contributed by atoms with Gasteiger partial charge in [0.1, 0.15) is 17.2 Å². The van der Waals surface area contributed by atoms with Crippen LogP contribution in [0.3, 0.4) is 0 Å². The SMILES string of the molecule is CC(C)(C)OC(=O)CC[C@@H](NC(=O)OC(C)(C)C)C(=O)Oc1ccccc1[N+](=O)[O-]. The number of para-hydroxylation sites is 2. The van der Waals surface area contributed by atoms with Gasteiger partial charge in [0, 0.05) is 12.5 Å². The first-order valence-electron chi connectivity index (χ1n) is 9.34. The molecule has 0 aliphatic carbocycles. The van der Waals surface area contributed by atoms with Gasteiger partial charge in [0.05, 0.1) is 4.92 Å². The molecule has 0 aromatic heterocycles. The van der Waals surface area contributed by atoms with Gasteiger partial charge >= 0.3 is 23.7 Å². The minimum atomic E-state index is -1.29. The fourth-order valence-electron chi connectivity index (χ4n) is 2.23. The van der Waals surface area contributed by atoms with Crippen LogP contribution in [-0.2, 0) is 19.1 Å². The van der Waals surface area contributed by atoms with Gasteiger partial charge in [-0.05, 0) is 54.0 Å². The molecule has 1 aromatic rings. The molecule has 0 saturated heterocycles. The van der Waals surface area contributed by atoms with Crippen LogP contribution >= 0.6 is 0 Å². The lowest BCUT2D eigenvalue weighted by Gasteiger charge is -2.23. The summed E-state index contributed by atoms with van der Waals surface area (Å²) in [6.45, 7) is 10.0. The average molecular weight is 424 g/mol. The maximum Gasteiger partial charge on any atom is 0.408 e. The zero-order valence-corrected chi connectivity index (χ0v) is 18.0. The molecular formula is C20H28N2O8. The molecule has 0 aliphatic rings. The number of hydrogen-bond donors (Lipinski definition) is 1. The Morgan fingerprint density at radius 1 is 1.03 bits per heavy atom. The fourth-order valence-corrected chi connectivity index (χ4v) is 2.23. The summed E-state index contributed by atoms with van der Waals surface area (Å²) >= 11 is 0. The van der Waals surface area contributed by atoms with Crippen molar-refractivity contribution in [1.82, 2.24) is 5.32 Å². The second-order valence-electron chi connectivity index (χ2n) is 8.47. The summed E-state index contributed by atoms with van der Waals surface area (Å²) in [5.74, 6) is -1.82. The van der Waals surface area contributed by atoms with Gasteiger partial charge in [-0.2, -0.15) is 0 Å². The number of nitro groups is 1. The van der Waals surface area contributed by atoms with Crippen LogP contribution in [0.2, 0.25) is 0 Å². The fraction of sp³-hybridized carbons (Fsp3) is 0.550. The highest BCUT2D eigenvalue weighted by Gasteiger charge is 2.29. The molecule has 0 saturated carbocycles. The smallest absolute Gasteiger partial charge is 0.408 e. The van der Waals surface area contributed by atoms with E-state index in [1.807, 2.05) is 0 Å². The van der Waals surface area contributed by atoms with Crippen LogP contribution in [0.15, 0.2) is 24.3 Å². The number of rotatable bonds is 7. The lowest BCUT2D eigenvalue weighted by Crippen LogP contribution is -2.45. The predicted molar refractivity (Wildman–Crippen MR) is 107 cm³/mol. The van der Waals surface area contributed by atoms with E-state index in [-0.39, 0.29) is 18.6 Å². The zero-order chi connectivity index (χ0) is 23.1. The highest BCUT2D eigenvalue weighted by Crippen LogP contribution is 2.26. The molecule has 30 heavy (non-hydrogen) atoms. The number of hydrogen-bond acceptors (Lipinski definition) is 8. The molecule has 0 unspecified atom stereocenters. The summed E-state index contributed by atoms with van der Waals surface area (Å²) in [7, 11) is 0. The summed E-state index contributed by atoms with van der Waals surface area (Å²) in [5.41, 5.74) is -1.94. The Hall–Kier alpha value is -3.17. The van der Waals surface area contributed by atoms with E-state index in [4.69, 9.17) is 14.2 Å². The molecule has 0 heterocycles. The van der Waals surface area contributed by atoms with Gasteiger partial charge in [-0.25, -0.2) is 9.59 Å². The molecule has 0 bridgehead atoms. The number of nitrogens with zero attached hydrogens (tertiary/aromatic N) is 1. The number of ether oxygens (including phenoxy) is 3. The first-order valence-corrected chi connectivity index (χ1v) is 9.34. The number of carbonyl (C=O) groups excluding carboxylic acids is 3. The zero-order valence-electron chi connectivity index (χ0n) is 18.0. The van der Waals surface area contributed by atoms with E-state index in [1.54, 1.807) is 41.5 Å². The lowest BCUT2D eigenvalue weighted by molar-refractivity contribution is -0.385. The number of alkyl carbamates (subject to hydrolysis) is 1. The highest BCUT2D eigenvalue weighted by atomic mass is 16.6. The quantitative estimate of drug-likeness (QED) is 0.304. The molecule has 0 radical (unpaired) electrons. The largest absolute Gasteiger partial charge is 0.460 e. The summed E-state index contributed by atoms with van der Waals surface area (Å²) < 4.78 is 15.5. The van der Waals surface area contributed by atoms with Crippen molar-refractivity contribution in [1.29, 1.82) is 0 Å². The van der Waals surface area contributed by atoms with Crippen molar-refractivity contribution in [2.24, 2.45) is 0 Å². The third-order valence-corrected chi connectivity index (χ3v) is 3.31. The Morgan fingerprint density at radius 2 is 1.60 bits per heavy atom. The minimum absolute atomic E-state index is 0.145. The molecule has 1 atom stereocenters. The maximum absolute atomic E-state index is 12.6. The molecule has 1 aromatic carbocycles. The minimum Gasteiger partial charge on any atom is -0.460 e.